The van der Waals surface area contributed by atoms with E-state index in [1.54, 1.807) is 50.2 Å². The summed E-state index contributed by atoms with van der Waals surface area (Å²) in [7, 11) is -3.57. The van der Waals surface area contributed by atoms with E-state index in [0.29, 0.717) is 23.3 Å². The molecule has 1 N–H and O–H groups in total. The minimum absolute atomic E-state index is 0.194. The maximum atomic E-state index is 13.3. The van der Waals surface area contributed by atoms with Gasteiger partial charge >= 0.3 is 0 Å². The number of amides is 3. The highest BCUT2D eigenvalue weighted by Gasteiger charge is 2.44. The molecule has 0 radical (unpaired) electrons. The van der Waals surface area contributed by atoms with Crippen molar-refractivity contribution in [2.24, 2.45) is 5.92 Å². The van der Waals surface area contributed by atoms with Gasteiger partial charge < -0.3 is 5.32 Å². The first-order valence-electron chi connectivity index (χ1n) is 11.4. The summed E-state index contributed by atoms with van der Waals surface area (Å²) in [6.07, 6.45) is 1.70. The first-order valence-corrected chi connectivity index (χ1v) is 13.6. The molecule has 0 saturated carbocycles. The zero-order valence-electron chi connectivity index (χ0n) is 19.2. The summed E-state index contributed by atoms with van der Waals surface area (Å²) in [5, 5.41) is 3.00. The Kier molecular flexibility index (Phi) is 5.94. The summed E-state index contributed by atoms with van der Waals surface area (Å²) in [6, 6.07) is 10.2. The average Bonchev–Trinajstić information content (AvgIpc) is 3.55. The van der Waals surface area contributed by atoms with Crippen LogP contribution in [0, 0.1) is 5.92 Å². The lowest BCUT2D eigenvalue weighted by molar-refractivity contribution is -0.121. The van der Waals surface area contributed by atoms with E-state index in [2.05, 4.69) is 10.3 Å². The number of nitrogens with one attached hydrogen (secondary N) is 1. The van der Waals surface area contributed by atoms with Gasteiger partial charge in [-0.3, -0.25) is 19.3 Å². The molecule has 0 aliphatic carbocycles. The van der Waals surface area contributed by atoms with Gasteiger partial charge in [0.1, 0.15) is 6.04 Å². The Balaban J connectivity index is 1.40. The molecule has 5 rings (SSSR count). The third-order valence-electron chi connectivity index (χ3n) is 6.30. The quantitative estimate of drug-likeness (QED) is 0.507. The smallest absolute Gasteiger partial charge is 0.262 e. The Morgan fingerprint density at radius 1 is 1.03 bits per heavy atom. The molecule has 182 valence electrons. The van der Waals surface area contributed by atoms with Crippen molar-refractivity contribution >= 4 is 54.4 Å². The summed E-state index contributed by atoms with van der Waals surface area (Å²) in [5.41, 5.74) is 1.11. The van der Waals surface area contributed by atoms with Crippen molar-refractivity contribution in [3.05, 3.63) is 53.6 Å². The number of nitrogens with zero attached hydrogens (tertiary/aromatic N) is 3. The highest BCUT2D eigenvalue weighted by Crippen LogP contribution is 2.32. The van der Waals surface area contributed by atoms with Crippen molar-refractivity contribution in [2.45, 2.75) is 37.6 Å². The lowest BCUT2D eigenvalue weighted by Crippen LogP contribution is -2.50. The van der Waals surface area contributed by atoms with Crippen LogP contribution in [0.15, 0.2) is 47.4 Å². The van der Waals surface area contributed by atoms with Gasteiger partial charge in [0.2, 0.25) is 15.9 Å². The molecule has 1 atom stereocenters. The molecule has 3 heterocycles. The molecule has 0 bridgehead atoms. The van der Waals surface area contributed by atoms with Crippen molar-refractivity contribution in [1.29, 1.82) is 0 Å². The number of hydrogen-bond acceptors (Lipinski definition) is 7. The molecule has 2 aliphatic heterocycles. The van der Waals surface area contributed by atoms with Crippen LogP contribution >= 0.6 is 11.3 Å². The minimum Gasteiger partial charge on any atom is -0.300 e. The number of sulfonamides is 1. The maximum Gasteiger partial charge on any atom is 0.262 e. The number of anilines is 1. The van der Waals surface area contributed by atoms with Gasteiger partial charge in [-0.1, -0.05) is 37.3 Å². The Hall–Kier alpha value is -3.15. The van der Waals surface area contributed by atoms with Crippen LogP contribution in [0.1, 0.15) is 47.4 Å². The summed E-state index contributed by atoms with van der Waals surface area (Å²) < 4.78 is 27.9. The molecule has 1 unspecified atom stereocenters. The minimum atomic E-state index is -3.57. The predicted octanol–water partition coefficient (Wildman–Crippen LogP) is 3.34. The Morgan fingerprint density at radius 3 is 2.26 bits per heavy atom. The van der Waals surface area contributed by atoms with E-state index >= 15 is 0 Å². The largest absolute Gasteiger partial charge is 0.300 e. The van der Waals surface area contributed by atoms with Gasteiger partial charge in [0, 0.05) is 13.1 Å². The Morgan fingerprint density at radius 2 is 1.66 bits per heavy atom. The van der Waals surface area contributed by atoms with E-state index in [0.717, 1.165) is 29.1 Å². The summed E-state index contributed by atoms with van der Waals surface area (Å²) in [4.78, 5) is 44.8. The number of carbonyl (C=O) groups excluding carboxylic acids is 3. The average molecular weight is 513 g/mol. The van der Waals surface area contributed by atoms with Gasteiger partial charge in [-0.05, 0) is 49.1 Å². The number of benzene rings is 2. The van der Waals surface area contributed by atoms with Crippen molar-refractivity contribution in [2.75, 3.05) is 18.4 Å². The van der Waals surface area contributed by atoms with Crippen molar-refractivity contribution < 1.29 is 22.8 Å². The lowest BCUT2D eigenvalue weighted by Gasteiger charge is -2.27. The van der Waals surface area contributed by atoms with Crippen LogP contribution in [0.3, 0.4) is 0 Å². The van der Waals surface area contributed by atoms with Gasteiger partial charge in [-0.2, -0.15) is 4.31 Å². The molecule has 3 amide bonds. The Bertz CT molecular complexity index is 1420. The number of imide groups is 1. The van der Waals surface area contributed by atoms with Crippen LogP contribution in [0.4, 0.5) is 5.13 Å². The second-order valence-electron chi connectivity index (χ2n) is 8.96. The molecule has 3 aromatic rings. The number of aromatic nitrogens is 1. The topological polar surface area (TPSA) is 117 Å². The molecule has 1 aromatic heterocycles. The second kappa shape index (κ2) is 8.81. The van der Waals surface area contributed by atoms with Gasteiger partial charge in [-0.15, -0.1) is 0 Å². The molecule has 11 heteroatoms. The molecule has 2 aromatic carbocycles. The highest BCUT2D eigenvalue weighted by molar-refractivity contribution is 7.89. The fourth-order valence-corrected chi connectivity index (χ4v) is 7.08. The van der Waals surface area contributed by atoms with E-state index in [1.165, 1.54) is 10.4 Å². The van der Waals surface area contributed by atoms with Crippen LogP contribution in [0.2, 0.25) is 0 Å². The third-order valence-corrected chi connectivity index (χ3v) is 9.12. The van der Waals surface area contributed by atoms with Crippen molar-refractivity contribution in [3.8, 4) is 0 Å². The normalized spacial score (nSPS) is 17.4. The van der Waals surface area contributed by atoms with E-state index in [4.69, 9.17) is 0 Å². The zero-order valence-corrected chi connectivity index (χ0v) is 20.9. The molecular weight excluding hydrogens is 488 g/mol. The van der Waals surface area contributed by atoms with E-state index in [9.17, 15) is 22.8 Å². The first-order chi connectivity index (χ1) is 16.7. The van der Waals surface area contributed by atoms with Crippen LogP contribution < -0.4 is 5.32 Å². The first kappa shape index (κ1) is 23.6. The molecule has 0 spiro atoms. The van der Waals surface area contributed by atoms with E-state index < -0.39 is 33.8 Å². The van der Waals surface area contributed by atoms with Gasteiger partial charge in [0.05, 0.1) is 26.2 Å². The van der Waals surface area contributed by atoms with E-state index in [-0.39, 0.29) is 27.1 Å². The number of hydrogen-bond donors (Lipinski definition) is 1. The van der Waals surface area contributed by atoms with Crippen molar-refractivity contribution in [3.63, 3.8) is 0 Å². The molecule has 1 saturated heterocycles. The number of fused-ring (bicyclic) bond motifs is 2. The summed E-state index contributed by atoms with van der Waals surface area (Å²) in [5.74, 6) is -1.87. The highest BCUT2D eigenvalue weighted by atomic mass is 32.2. The fourth-order valence-electron chi connectivity index (χ4n) is 4.55. The monoisotopic (exact) mass is 512 g/mol. The SMILES string of the molecule is CC(C)C(C(=O)Nc1nc2ccc(S(=O)(=O)N3CCCC3)cc2s1)N1C(=O)c2ccccc2C1=O. The van der Waals surface area contributed by atoms with Crippen molar-refractivity contribution in [1.82, 2.24) is 14.2 Å². The third kappa shape index (κ3) is 4.03. The van der Waals surface area contributed by atoms with Crippen LogP contribution in [0.5, 0.6) is 0 Å². The van der Waals surface area contributed by atoms with Gasteiger partial charge in [0.25, 0.3) is 11.8 Å². The van der Waals surface area contributed by atoms with Crippen LogP contribution in [-0.4, -0.2) is 59.5 Å². The van der Waals surface area contributed by atoms with Gasteiger partial charge in [-0.25, -0.2) is 13.4 Å². The second-order valence-corrected chi connectivity index (χ2v) is 11.9. The lowest BCUT2D eigenvalue weighted by atomic mass is 10.0. The van der Waals surface area contributed by atoms with E-state index in [1.807, 2.05) is 0 Å². The molecule has 2 aliphatic rings. The maximum absolute atomic E-state index is 13.3. The standard InChI is InChI=1S/C24H24N4O5S2/c1-14(2)20(28-22(30)16-7-3-4-8-17(16)23(28)31)21(29)26-24-25-18-10-9-15(13-19(18)34-24)35(32,33)27-11-5-6-12-27/h3-4,7-10,13-14,20H,5-6,11-12H2,1-2H3,(H,25,26,29). The molecular formula is C24H24N4O5S2. The molecule has 9 nitrogen and oxygen atoms in total. The number of thiazole rings is 1. The Labute approximate surface area is 206 Å². The predicted molar refractivity (Wildman–Crippen MR) is 132 cm³/mol. The zero-order chi connectivity index (χ0) is 24.9. The summed E-state index contributed by atoms with van der Waals surface area (Å²) >= 11 is 1.14. The number of rotatable bonds is 6. The van der Waals surface area contributed by atoms with Crippen LogP contribution in [0.25, 0.3) is 10.2 Å². The molecule has 1 fully saturated rings. The number of carbonyl (C=O) groups is 3. The van der Waals surface area contributed by atoms with Crippen LogP contribution in [-0.2, 0) is 14.8 Å². The summed E-state index contributed by atoms with van der Waals surface area (Å²) in [6.45, 7) is 4.56. The van der Waals surface area contributed by atoms with Gasteiger partial charge in [0.15, 0.2) is 5.13 Å². The molecule has 35 heavy (non-hydrogen) atoms. The fraction of sp³-hybridized carbons (Fsp3) is 0.333.